The van der Waals surface area contributed by atoms with Crippen molar-refractivity contribution in [3.8, 4) is 5.75 Å². The molecular formula is C20H16Cl2O5. The number of carbonyl (C=O) groups is 1. The zero-order valence-corrected chi connectivity index (χ0v) is 16.1. The highest BCUT2D eigenvalue weighted by atomic mass is 35.5. The fourth-order valence-corrected chi connectivity index (χ4v) is 3.41. The lowest BCUT2D eigenvalue weighted by Gasteiger charge is -2.14. The molecule has 7 heteroatoms. The number of hydrogen-bond donors (Lipinski definition) is 1. The largest absolute Gasteiger partial charge is 0.488 e. The number of halogens is 2. The first-order valence-electron chi connectivity index (χ1n) is 8.13. The third-order valence-corrected chi connectivity index (χ3v) is 5.12. The maximum absolute atomic E-state index is 12.2. The molecule has 0 bridgehead atoms. The molecule has 1 aromatic heterocycles. The molecule has 0 aliphatic heterocycles. The van der Waals surface area contributed by atoms with Crippen LogP contribution in [0, 0.1) is 13.8 Å². The molecule has 27 heavy (non-hydrogen) atoms. The Labute approximate surface area is 165 Å². The number of aliphatic carboxylic acids is 1. The minimum absolute atomic E-state index is 0.144. The number of carboxylic acid groups (broad SMARTS) is 1. The van der Waals surface area contributed by atoms with Gasteiger partial charge < -0.3 is 14.3 Å². The van der Waals surface area contributed by atoms with Crippen LogP contribution in [0.1, 0.15) is 22.3 Å². The minimum atomic E-state index is -1.09. The number of benzene rings is 2. The van der Waals surface area contributed by atoms with E-state index in [1.54, 1.807) is 44.2 Å². The lowest BCUT2D eigenvalue weighted by atomic mass is 10.0. The van der Waals surface area contributed by atoms with Crippen LogP contribution >= 0.6 is 23.2 Å². The molecule has 3 rings (SSSR count). The van der Waals surface area contributed by atoms with Crippen molar-refractivity contribution in [2.45, 2.75) is 26.9 Å². The molecule has 3 aromatic rings. The Balaban J connectivity index is 2.00. The first kappa shape index (κ1) is 19.3. The van der Waals surface area contributed by atoms with Gasteiger partial charge in [-0.3, -0.25) is 4.79 Å². The van der Waals surface area contributed by atoms with Crippen molar-refractivity contribution in [3.05, 3.63) is 73.1 Å². The van der Waals surface area contributed by atoms with Crippen molar-refractivity contribution in [3.63, 3.8) is 0 Å². The molecule has 140 valence electrons. The van der Waals surface area contributed by atoms with Crippen LogP contribution in [-0.2, 0) is 17.8 Å². The van der Waals surface area contributed by atoms with Crippen molar-refractivity contribution in [2.75, 3.05) is 0 Å². The summed E-state index contributed by atoms with van der Waals surface area (Å²) in [5.41, 5.74) is 1.75. The van der Waals surface area contributed by atoms with E-state index in [1.807, 2.05) is 0 Å². The summed E-state index contributed by atoms with van der Waals surface area (Å²) < 4.78 is 11.2. The van der Waals surface area contributed by atoms with E-state index < -0.39 is 11.6 Å². The number of aryl methyl sites for hydroxylation is 2. The number of hydrogen-bond acceptors (Lipinski definition) is 4. The SMILES string of the molecule is Cc1c(CC(=O)O)c(=O)oc2c(C)c(OCc3c(Cl)cccc3Cl)ccc12. The van der Waals surface area contributed by atoms with Crippen LogP contribution in [0.4, 0.5) is 0 Å². The highest BCUT2D eigenvalue weighted by Gasteiger charge is 2.17. The van der Waals surface area contributed by atoms with Crippen molar-refractivity contribution in [1.82, 2.24) is 0 Å². The summed E-state index contributed by atoms with van der Waals surface area (Å²) in [7, 11) is 0. The summed E-state index contributed by atoms with van der Waals surface area (Å²) in [5, 5.41) is 10.7. The molecule has 1 N–H and O–H groups in total. The minimum Gasteiger partial charge on any atom is -0.488 e. The van der Waals surface area contributed by atoms with Gasteiger partial charge in [-0.15, -0.1) is 0 Å². The van der Waals surface area contributed by atoms with Gasteiger partial charge in [-0.2, -0.15) is 0 Å². The number of carboxylic acids is 1. The van der Waals surface area contributed by atoms with Gasteiger partial charge in [0.2, 0.25) is 0 Å². The Morgan fingerprint density at radius 3 is 2.37 bits per heavy atom. The number of rotatable bonds is 5. The van der Waals surface area contributed by atoms with Crippen LogP contribution in [0.5, 0.6) is 5.75 Å². The average Bonchev–Trinajstić information content (AvgIpc) is 2.60. The van der Waals surface area contributed by atoms with Gasteiger partial charge in [-0.25, -0.2) is 4.79 Å². The summed E-state index contributed by atoms with van der Waals surface area (Å²) in [6, 6.07) is 8.70. The summed E-state index contributed by atoms with van der Waals surface area (Å²) >= 11 is 12.3. The normalized spacial score (nSPS) is 11.0. The van der Waals surface area contributed by atoms with E-state index in [9.17, 15) is 9.59 Å². The molecule has 0 atom stereocenters. The second kappa shape index (κ2) is 7.62. The van der Waals surface area contributed by atoms with Crippen molar-refractivity contribution < 1.29 is 19.1 Å². The van der Waals surface area contributed by atoms with Crippen LogP contribution in [0.25, 0.3) is 11.0 Å². The lowest BCUT2D eigenvalue weighted by Crippen LogP contribution is -2.15. The summed E-state index contributed by atoms with van der Waals surface area (Å²) in [6.45, 7) is 3.64. The molecule has 5 nitrogen and oxygen atoms in total. The molecule has 0 fully saturated rings. The first-order valence-corrected chi connectivity index (χ1v) is 8.88. The topological polar surface area (TPSA) is 76.7 Å². The first-order chi connectivity index (χ1) is 12.8. The highest BCUT2D eigenvalue weighted by molar-refractivity contribution is 6.35. The summed E-state index contributed by atoms with van der Waals surface area (Å²) in [4.78, 5) is 23.2. The van der Waals surface area contributed by atoms with Gasteiger partial charge >= 0.3 is 11.6 Å². The molecule has 2 aromatic carbocycles. The fraction of sp³-hybridized carbons (Fsp3) is 0.200. The van der Waals surface area contributed by atoms with Gasteiger partial charge in [0.15, 0.2) is 0 Å². The molecule has 0 radical (unpaired) electrons. The zero-order valence-electron chi connectivity index (χ0n) is 14.6. The lowest BCUT2D eigenvalue weighted by molar-refractivity contribution is -0.136. The van der Waals surface area contributed by atoms with Gasteiger partial charge in [-0.05, 0) is 43.7 Å². The third kappa shape index (κ3) is 3.80. The van der Waals surface area contributed by atoms with Gasteiger partial charge in [0, 0.05) is 26.6 Å². The van der Waals surface area contributed by atoms with Crippen LogP contribution < -0.4 is 10.4 Å². The molecule has 0 spiro atoms. The number of fused-ring (bicyclic) bond motifs is 1. The standard InChI is InChI=1S/C20H16Cl2O5/c1-10-12-6-7-17(26-9-14-15(21)4-3-5-16(14)22)11(2)19(12)27-20(25)13(10)8-18(23)24/h3-7H,8-9H2,1-2H3,(H,23,24). The summed E-state index contributed by atoms with van der Waals surface area (Å²) in [6.07, 6.45) is -0.383. The van der Waals surface area contributed by atoms with Crippen molar-refractivity contribution >= 4 is 40.1 Å². The molecule has 1 heterocycles. The fourth-order valence-electron chi connectivity index (χ4n) is 2.90. The third-order valence-electron chi connectivity index (χ3n) is 4.42. The van der Waals surface area contributed by atoms with Crippen LogP contribution in [0.15, 0.2) is 39.5 Å². The van der Waals surface area contributed by atoms with E-state index in [4.69, 9.17) is 37.5 Å². The molecule has 0 amide bonds. The molecule has 0 saturated heterocycles. The van der Waals surface area contributed by atoms with Gasteiger partial charge in [0.25, 0.3) is 0 Å². The van der Waals surface area contributed by atoms with Gasteiger partial charge in [0.05, 0.1) is 12.0 Å². The summed E-state index contributed by atoms with van der Waals surface area (Å²) in [5.74, 6) is -0.565. The van der Waals surface area contributed by atoms with E-state index in [2.05, 4.69) is 0 Å². The Bertz CT molecular complexity index is 1080. The average molecular weight is 407 g/mol. The molecular weight excluding hydrogens is 391 g/mol. The van der Waals surface area contributed by atoms with E-state index >= 15 is 0 Å². The maximum Gasteiger partial charge on any atom is 0.340 e. The smallest absolute Gasteiger partial charge is 0.340 e. The van der Waals surface area contributed by atoms with Gasteiger partial charge in [0.1, 0.15) is 17.9 Å². The van der Waals surface area contributed by atoms with Crippen LogP contribution in [0.2, 0.25) is 10.0 Å². The Morgan fingerprint density at radius 1 is 1.07 bits per heavy atom. The van der Waals surface area contributed by atoms with E-state index in [0.717, 1.165) is 0 Å². The van der Waals surface area contributed by atoms with Crippen molar-refractivity contribution in [2.24, 2.45) is 0 Å². The molecule has 0 saturated carbocycles. The predicted octanol–water partition coefficient (Wildman–Crippen LogP) is 4.92. The second-order valence-corrected chi connectivity index (χ2v) is 6.93. The second-order valence-electron chi connectivity index (χ2n) is 6.12. The van der Waals surface area contributed by atoms with E-state index in [-0.39, 0.29) is 18.6 Å². The number of ether oxygens (including phenoxy) is 1. The monoisotopic (exact) mass is 406 g/mol. The molecule has 0 aliphatic carbocycles. The maximum atomic E-state index is 12.2. The zero-order chi connectivity index (χ0) is 19.7. The predicted molar refractivity (Wildman–Crippen MR) is 104 cm³/mol. The quantitative estimate of drug-likeness (QED) is 0.608. The van der Waals surface area contributed by atoms with Crippen LogP contribution in [0.3, 0.4) is 0 Å². The Hall–Kier alpha value is -2.50. The van der Waals surface area contributed by atoms with Gasteiger partial charge in [-0.1, -0.05) is 29.3 Å². The molecule has 0 unspecified atom stereocenters. The highest BCUT2D eigenvalue weighted by Crippen LogP contribution is 2.31. The Morgan fingerprint density at radius 2 is 1.74 bits per heavy atom. The van der Waals surface area contributed by atoms with Crippen molar-refractivity contribution in [1.29, 1.82) is 0 Å². The van der Waals surface area contributed by atoms with E-state index in [1.165, 1.54) is 0 Å². The van der Waals surface area contributed by atoms with E-state index in [0.29, 0.717) is 43.5 Å². The Kier molecular flexibility index (Phi) is 5.44. The van der Waals surface area contributed by atoms with Crippen LogP contribution in [-0.4, -0.2) is 11.1 Å². The molecule has 0 aliphatic rings.